The van der Waals surface area contributed by atoms with E-state index in [9.17, 15) is 0 Å². The van der Waals surface area contributed by atoms with E-state index in [-0.39, 0.29) is 11.7 Å². The van der Waals surface area contributed by atoms with Crippen LogP contribution in [0.15, 0.2) is 30.3 Å². The molecule has 2 saturated heterocycles. The van der Waals surface area contributed by atoms with Crippen molar-refractivity contribution in [1.29, 1.82) is 0 Å². The van der Waals surface area contributed by atoms with Gasteiger partial charge in [-0.25, -0.2) is 4.89 Å². The van der Waals surface area contributed by atoms with Gasteiger partial charge in [0.1, 0.15) is 0 Å². The first-order chi connectivity index (χ1) is 6.87. The fraction of sp³-hybridized carbons (Fsp3) is 0.455. The zero-order valence-corrected chi connectivity index (χ0v) is 7.60. The van der Waals surface area contributed by atoms with Gasteiger partial charge in [0.15, 0.2) is 5.60 Å². The van der Waals surface area contributed by atoms with Crippen LogP contribution in [-0.4, -0.2) is 11.7 Å². The lowest BCUT2D eigenvalue weighted by Crippen LogP contribution is -2.86. The van der Waals surface area contributed by atoms with Crippen LogP contribution in [0.1, 0.15) is 18.4 Å². The van der Waals surface area contributed by atoms with Crippen molar-refractivity contribution in [3.63, 3.8) is 0 Å². The fourth-order valence-corrected chi connectivity index (χ4v) is 2.65. The Morgan fingerprint density at radius 1 is 1.14 bits per heavy atom. The van der Waals surface area contributed by atoms with E-state index in [1.54, 1.807) is 0 Å². The molecule has 1 aromatic carbocycles. The highest BCUT2D eigenvalue weighted by molar-refractivity contribution is 5.33. The molecule has 72 valence electrons. The van der Waals surface area contributed by atoms with Crippen molar-refractivity contribution in [2.24, 2.45) is 0 Å². The third kappa shape index (κ3) is 0.533. The molecule has 0 N–H and O–H groups in total. The van der Waals surface area contributed by atoms with E-state index < -0.39 is 5.79 Å². The lowest BCUT2D eigenvalue weighted by Gasteiger charge is -2.72. The molecule has 1 aromatic rings. The summed E-state index contributed by atoms with van der Waals surface area (Å²) >= 11 is 0. The van der Waals surface area contributed by atoms with Crippen molar-refractivity contribution in [1.82, 2.24) is 0 Å². The molecule has 4 rings (SSSR count). The van der Waals surface area contributed by atoms with Gasteiger partial charge < -0.3 is 4.74 Å². The summed E-state index contributed by atoms with van der Waals surface area (Å²) in [5.41, 5.74) is 0.927. The van der Waals surface area contributed by atoms with Crippen molar-refractivity contribution >= 4 is 0 Å². The zero-order chi connectivity index (χ0) is 9.23. The van der Waals surface area contributed by atoms with Gasteiger partial charge in [0, 0.05) is 5.56 Å². The van der Waals surface area contributed by atoms with Crippen LogP contribution in [-0.2, 0) is 20.3 Å². The van der Waals surface area contributed by atoms with Crippen LogP contribution in [0.25, 0.3) is 0 Å². The Morgan fingerprint density at radius 3 is 2.43 bits per heavy atom. The van der Waals surface area contributed by atoms with E-state index in [1.165, 1.54) is 0 Å². The number of hydrogen-bond donors (Lipinski definition) is 0. The van der Waals surface area contributed by atoms with Crippen molar-refractivity contribution in [2.45, 2.75) is 30.3 Å². The number of rotatable bonds is 1. The van der Waals surface area contributed by atoms with Gasteiger partial charge in [-0.05, 0) is 12.8 Å². The smallest absolute Gasteiger partial charge is 0.263 e. The summed E-state index contributed by atoms with van der Waals surface area (Å²) < 4.78 is 5.75. The maximum absolute atomic E-state index is 5.75. The first kappa shape index (κ1) is 7.40. The van der Waals surface area contributed by atoms with Crippen LogP contribution in [0.4, 0.5) is 0 Å². The standard InChI is InChI=1S/C11H10O3/c1-2-4-8(5-3-1)11-10(13-14-11)7-6-9(10)12-11/h1-5,9H,6-7H2. The minimum Gasteiger partial charge on any atom is -0.335 e. The first-order valence-electron chi connectivity index (χ1n) is 4.98. The molecule has 3 heteroatoms. The van der Waals surface area contributed by atoms with E-state index in [0.29, 0.717) is 0 Å². The lowest BCUT2D eigenvalue weighted by molar-refractivity contribution is -0.716. The molecule has 0 radical (unpaired) electrons. The second-order valence-corrected chi connectivity index (χ2v) is 4.18. The molecule has 3 fully saturated rings. The summed E-state index contributed by atoms with van der Waals surface area (Å²) in [6.45, 7) is 0. The van der Waals surface area contributed by atoms with Crippen molar-refractivity contribution in [3.8, 4) is 0 Å². The topological polar surface area (TPSA) is 27.7 Å². The van der Waals surface area contributed by atoms with Crippen LogP contribution >= 0.6 is 0 Å². The van der Waals surface area contributed by atoms with Crippen LogP contribution in [0.5, 0.6) is 0 Å². The molecule has 1 spiro atoms. The van der Waals surface area contributed by atoms with Gasteiger partial charge in [-0.3, -0.25) is 0 Å². The number of hydrogen-bond acceptors (Lipinski definition) is 3. The summed E-state index contributed by atoms with van der Waals surface area (Å²) in [5.74, 6) is -0.572. The molecule has 3 atom stereocenters. The Morgan fingerprint density at radius 2 is 2.00 bits per heavy atom. The average molecular weight is 190 g/mol. The van der Waals surface area contributed by atoms with E-state index in [1.807, 2.05) is 30.3 Å². The van der Waals surface area contributed by atoms with Crippen LogP contribution < -0.4 is 0 Å². The highest BCUT2D eigenvalue weighted by Gasteiger charge is 2.83. The van der Waals surface area contributed by atoms with E-state index in [4.69, 9.17) is 14.5 Å². The molecule has 0 amide bonds. The second kappa shape index (κ2) is 2.03. The molecule has 3 aliphatic rings. The molecule has 1 saturated carbocycles. The monoisotopic (exact) mass is 190 g/mol. The van der Waals surface area contributed by atoms with Crippen molar-refractivity contribution in [2.75, 3.05) is 0 Å². The Kier molecular flexibility index (Phi) is 1.07. The lowest BCUT2D eigenvalue weighted by atomic mass is 9.62. The fourth-order valence-electron chi connectivity index (χ4n) is 2.65. The quantitative estimate of drug-likeness (QED) is 0.631. The molecular formula is C11H10O3. The van der Waals surface area contributed by atoms with Crippen molar-refractivity contribution < 1.29 is 14.5 Å². The molecular weight excluding hydrogens is 180 g/mol. The maximum Gasteiger partial charge on any atom is 0.263 e. The van der Waals surface area contributed by atoms with Crippen molar-refractivity contribution in [3.05, 3.63) is 35.9 Å². The summed E-state index contributed by atoms with van der Waals surface area (Å²) in [6, 6.07) is 10.0. The normalized spacial score (nSPS) is 47.9. The average Bonchev–Trinajstić information content (AvgIpc) is 2.17. The van der Waals surface area contributed by atoms with E-state index >= 15 is 0 Å². The van der Waals surface area contributed by atoms with Crippen LogP contribution in [0.3, 0.4) is 0 Å². The number of benzene rings is 1. The van der Waals surface area contributed by atoms with Gasteiger partial charge in [0.25, 0.3) is 5.79 Å². The summed E-state index contributed by atoms with van der Waals surface area (Å²) in [4.78, 5) is 10.5. The third-order valence-electron chi connectivity index (χ3n) is 3.62. The molecule has 0 bridgehead atoms. The van der Waals surface area contributed by atoms with Gasteiger partial charge in [-0.2, -0.15) is 4.89 Å². The highest BCUT2D eigenvalue weighted by Crippen LogP contribution is 2.69. The molecule has 2 heterocycles. The third-order valence-corrected chi connectivity index (χ3v) is 3.62. The largest absolute Gasteiger partial charge is 0.335 e. The summed E-state index contributed by atoms with van der Waals surface area (Å²) in [5, 5.41) is 0. The predicted octanol–water partition coefficient (Wildman–Crippen LogP) is 1.73. The minimum absolute atomic E-state index is 0.144. The Bertz CT molecular complexity index is 387. The first-order valence-corrected chi connectivity index (χ1v) is 4.98. The van der Waals surface area contributed by atoms with Crippen LogP contribution in [0.2, 0.25) is 0 Å². The van der Waals surface area contributed by atoms with Gasteiger partial charge in [0.2, 0.25) is 0 Å². The second-order valence-electron chi connectivity index (χ2n) is 4.18. The van der Waals surface area contributed by atoms with Crippen LogP contribution in [0, 0.1) is 0 Å². The van der Waals surface area contributed by atoms with Gasteiger partial charge >= 0.3 is 0 Å². The minimum atomic E-state index is -0.572. The zero-order valence-electron chi connectivity index (χ0n) is 7.60. The Balaban J connectivity index is 1.80. The highest BCUT2D eigenvalue weighted by atomic mass is 17.3. The molecule has 14 heavy (non-hydrogen) atoms. The molecule has 1 aliphatic carbocycles. The molecule has 0 aromatic heterocycles. The SMILES string of the molecule is c1ccc(C23OOC24CCC4O3)cc1. The Hall–Kier alpha value is -0.900. The Labute approximate surface area is 81.5 Å². The van der Waals surface area contributed by atoms with E-state index in [0.717, 1.165) is 18.4 Å². The number of ether oxygens (including phenoxy) is 1. The summed E-state index contributed by atoms with van der Waals surface area (Å²) in [7, 11) is 0. The van der Waals surface area contributed by atoms with Gasteiger partial charge in [-0.1, -0.05) is 30.3 Å². The van der Waals surface area contributed by atoms with E-state index in [2.05, 4.69) is 0 Å². The van der Waals surface area contributed by atoms with Gasteiger partial charge in [0.05, 0.1) is 6.10 Å². The molecule has 3 unspecified atom stereocenters. The summed E-state index contributed by atoms with van der Waals surface area (Å²) in [6.07, 6.45) is 2.40. The predicted molar refractivity (Wildman–Crippen MR) is 47.1 cm³/mol. The molecule has 2 aliphatic heterocycles. The maximum atomic E-state index is 5.75. The molecule has 3 nitrogen and oxygen atoms in total. The van der Waals surface area contributed by atoms with Gasteiger partial charge in [-0.15, -0.1) is 0 Å².